The molecular weight excluding hydrogens is 230 g/mol. The minimum atomic E-state index is 0.206. The lowest BCUT2D eigenvalue weighted by Crippen LogP contribution is -2.20. The molecule has 0 aromatic rings. The third kappa shape index (κ3) is 8.46. The summed E-state index contributed by atoms with van der Waals surface area (Å²) in [7, 11) is 0. The maximum Gasteiger partial charge on any atom is 0.133 e. The van der Waals surface area contributed by atoms with Gasteiger partial charge in [0.25, 0.3) is 0 Å². The van der Waals surface area contributed by atoms with Gasteiger partial charge in [-0.3, -0.25) is 0 Å². The Kier molecular flexibility index (Phi) is 9.82. The van der Waals surface area contributed by atoms with Crippen LogP contribution >= 0.6 is 0 Å². The summed E-state index contributed by atoms with van der Waals surface area (Å²) in [5, 5.41) is 8.27. The molecule has 1 aliphatic rings. The summed E-state index contributed by atoms with van der Waals surface area (Å²) < 4.78 is 16.3. The lowest BCUT2D eigenvalue weighted by atomic mass is 10.1. The molecule has 0 bridgehead atoms. The van der Waals surface area contributed by atoms with E-state index in [1.54, 1.807) is 0 Å². The van der Waals surface area contributed by atoms with Gasteiger partial charge in [0, 0.05) is 26.4 Å². The average Bonchev–Trinajstić information content (AvgIpc) is 2.42. The van der Waals surface area contributed by atoms with Gasteiger partial charge in [0.05, 0.1) is 12.2 Å². The van der Waals surface area contributed by atoms with Gasteiger partial charge in [0.1, 0.15) is 6.61 Å². The van der Waals surface area contributed by atoms with E-state index in [2.05, 4.69) is 0 Å². The van der Waals surface area contributed by atoms with Crippen molar-refractivity contribution in [1.82, 2.24) is 0 Å². The Morgan fingerprint density at radius 3 is 2.61 bits per heavy atom. The van der Waals surface area contributed by atoms with Gasteiger partial charge in [0.15, 0.2) is 0 Å². The van der Waals surface area contributed by atoms with Crippen molar-refractivity contribution < 1.29 is 14.2 Å². The highest BCUT2D eigenvalue weighted by molar-refractivity contribution is 4.66. The second-order valence-electron chi connectivity index (χ2n) is 4.66. The van der Waals surface area contributed by atoms with Crippen LogP contribution in [0.1, 0.15) is 44.9 Å². The summed E-state index contributed by atoms with van der Waals surface area (Å²) in [6.07, 6.45) is 8.35. The van der Waals surface area contributed by atoms with E-state index in [1.165, 1.54) is 19.3 Å². The molecule has 4 heteroatoms. The second-order valence-corrected chi connectivity index (χ2v) is 4.66. The normalized spacial score (nSPS) is 19.6. The lowest BCUT2D eigenvalue weighted by molar-refractivity contribution is -0.00790. The quantitative estimate of drug-likeness (QED) is 0.563. The molecule has 1 heterocycles. The zero-order valence-corrected chi connectivity index (χ0v) is 11.2. The molecule has 1 saturated heterocycles. The van der Waals surface area contributed by atoms with Crippen LogP contribution in [-0.4, -0.2) is 39.1 Å². The van der Waals surface area contributed by atoms with E-state index in [0.29, 0.717) is 12.7 Å². The Labute approximate surface area is 110 Å². The fourth-order valence-corrected chi connectivity index (χ4v) is 2.05. The highest BCUT2D eigenvalue weighted by Crippen LogP contribution is 2.15. The fourth-order valence-electron chi connectivity index (χ4n) is 2.05. The first-order chi connectivity index (χ1) is 8.93. The zero-order valence-electron chi connectivity index (χ0n) is 11.2. The van der Waals surface area contributed by atoms with Gasteiger partial charge < -0.3 is 14.2 Å². The maximum atomic E-state index is 8.27. The molecule has 18 heavy (non-hydrogen) atoms. The molecule has 0 amide bonds. The summed E-state index contributed by atoms with van der Waals surface area (Å²) in [6.45, 7) is 3.45. The SMILES string of the molecule is N#CCOCCCCCOCCC1CCCCO1. The molecule has 0 aliphatic carbocycles. The van der Waals surface area contributed by atoms with Crippen molar-refractivity contribution in [2.75, 3.05) is 33.0 Å². The number of ether oxygens (including phenoxy) is 3. The highest BCUT2D eigenvalue weighted by Gasteiger charge is 2.12. The first-order valence-corrected chi connectivity index (χ1v) is 7.07. The topological polar surface area (TPSA) is 51.5 Å². The third-order valence-electron chi connectivity index (χ3n) is 3.10. The Morgan fingerprint density at radius 2 is 1.89 bits per heavy atom. The monoisotopic (exact) mass is 255 g/mol. The third-order valence-corrected chi connectivity index (χ3v) is 3.10. The highest BCUT2D eigenvalue weighted by atomic mass is 16.5. The average molecular weight is 255 g/mol. The van der Waals surface area contributed by atoms with Crippen LogP contribution in [0.25, 0.3) is 0 Å². The number of nitrogens with zero attached hydrogens (tertiary/aromatic N) is 1. The fraction of sp³-hybridized carbons (Fsp3) is 0.929. The van der Waals surface area contributed by atoms with Crippen molar-refractivity contribution in [1.29, 1.82) is 5.26 Å². The molecule has 104 valence electrons. The summed E-state index contributed by atoms with van der Waals surface area (Å²) in [6, 6.07) is 1.96. The predicted molar refractivity (Wildman–Crippen MR) is 69.3 cm³/mol. The molecule has 0 aromatic carbocycles. The van der Waals surface area contributed by atoms with E-state index in [-0.39, 0.29) is 6.61 Å². The van der Waals surface area contributed by atoms with Crippen molar-refractivity contribution in [3.8, 4) is 6.07 Å². The van der Waals surface area contributed by atoms with Crippen LogP contribution in [0, 0.1) is 11.3 Å². The van der Waals surface area contributed by atoms with E-state index in [0.717, 1.165) is 45.5 Å². The smallest absolute Gasteiger partial charge is 0.133 e. The molecule has 0 saturated carbocycles. The number of nitriles is 1. The van der Waals surface area contributed by atoms with Crippen LogP contribution in [-0.2, 0) is 14.2 Å². The van der Waals surface area contributed by atoms with E-state index in [1.807, 2.05) is 6.07 Å². The number of rotatable bonds is 10. The molecule has 1 rings (SSSR count). The van der Waals surface area contributed by atoms with Gasteiger partial charge in [-0.1, -0.05) is 0 Å². The number of hydrogen-bond acceptors (Lipinski definition) is 4. The molecular formula is C14H25NO3. The Morgan fingerprint density at radius 1 is 1.06 bits per heavy atom. The molecule has 0 aromatic heterocycles. The van der Waals surface area contributed by atoms with Crippen molar-refractivity contribution in [3.63, 3.8) is 0 Å². The Hall–Kier alpha value is -0.630. The van der Waals surface area contributed by atoms with Crippen molar-refractivity contribution in [3.05, 3.63) is 0 Å². The minimum Gasteiger partial charge on any atom is -0.381 e. The number of unbranched alkanes of at least 4 members (excludes halogenated alkanes) is 2. The Bertz CT molecular complexity index is 222. The standard InChI is InChI=1S/C14H25NO3/c15-8-13-17-10-4-1-3-9-16-12-7-14-6-2-5-11-18-14/h14H,1-7,9-13H2. The van der Waals surface area contributed by atoms with Crippen LogP contribution < -0.4 is 0 Å². The maximum absolute atomic E-state index is 8.27. The largest absolute Gasteiger partial charge is 0.381 e. The zero-order chi connectivity index (χ0) is 12.9. The molecule has 1 unspecified atom stereocenters. The van der Waals surface area contributed by atoms with E-state index in [4.69, 9.17) is 19.5 Å². The van der Waals surface area contributed by atoms with Crippen LogP contribution in [0.2, 0.25) is 0 Å². The van der Waals surface area contributed by atoms with E-state index >= 15 is 0 Å². The van der Waals surface area contributed by atoms with Gasteiger partial charge in [-0.25, -0.2) is 0 Å². The van der Waals surface area contributed by atoms with Gasteiger partial charge in [-0.15, -0.1) is 0 Å². The van der Waals surface area contributed by atoms with Gasteiger partial charge in [-0.2, -0.15) is 5.26 Å². The van der Waals surface area contributed by atoms with Crippen LogP contribution in [0.5, 0.6) is 0 Å². The van der Waals surface area contributed by atoms with Crippen LogP contribution in [0.15, 0.2) is 0 Å². The van der Waals surface area contributed by atoms with E-state index in [9.17, 15) is 0 Å². The van der Waals surface area contributed by atoms with Crippen molar-refractivity contribution >= 4 is 0 Å². The Balaban J connectivity index is 1.74. The van der Waals surface area contributed by atoms with Gasteiger partial charge >= 0.3 is 0 Å². The van der Waals surface area contributed by atoms with Crippen molar-refractivity contribution in [2.45, 2.75) is 51.0 Å². The summed E-state index contributed by atoms with van der Waals surface area (Å²) in [4.78, 5) is 0. The molecule has 1 atom stereocenters. The second kappa shape index (κ2) is 11.5. The first kappa shape index (κ1) is 15.4. The summed E-state index contributed by atoms with van der Waals surface area (Å²) in [5.41, 5.74) is 0. The van der Waals surface area contributed by atoms with Crippen LogP contribution in [0.4, 0.5) is 0 Å². The summed E-state index contributed by atoms with van der Waals surface area (Å²) >= 11 is 0. The van der Waals surface area contributed by atoms with Gasteiger partial charge in [-0.05, 0) is 44.9 Å². The van der Waals surface area contributed by atoms with Gasteiger partial charge in [0.2, 0.25) is 0 Å². The lowest BCUT2D eigenvalue weighted by Gasteiger charge is -2.22. The molecule has 1 fully saturated rings. The molecule has 0 spiro atoms. The number of hydrogen-bond donors (Lipinski definition) is 0. The molecule has 4 nitrogen and oxygen atoms in total. The van der Waals surface area contributed by atoms with Crippen LogP contribution in [0.3, 0.4) is 0 Å². The van der Waals surface area contributed by atoms with Crippen molar-refractivity contribution in [2.24, 2.45) is 0 Å². The molecule has 0 radical (unpaired) electrons. The molecule has 1 aliphatic heterocycles. The first-order valence-electron chi connectivity index (χ1n) is 7.07. The minimum absolute atomic E-state index is 0.206. The van der Waals surface area contributed by atoms with E-state index < -0.39 is 0 Å². The summed E-state index contributed by atoms with van der Waals surface area (Å²) in [5.74, 6) is 0. The predicted octanol–water partition coefficient (Wildman–Crippen LogP) is 2.67. The molecule has 0 N–H and O–H groups in total.